The van der Waals surface area contributed by atoms with Gasteiger partial charge in [-0.05, 0) is 13.3 Å². The number of allylic oxidation sites excluding steroid dienone is 1. The fourth-order valence-electron chi connectivity index (χ4n) is 0.610. The Hall–Kier alpha value is -0.573. The number of carboxylic acid groups (broad SMARTS) is 1. The lowest BCUT2D eigenvalue weighted by atomic mass is 10.2. The molecule has 0 heterocycles. The molecule has 0 radical (unpaired) electrons. The SMILES string of the molecule is C.C.CC(=CCCC[SiH3])C(=O)O. The molecule has 0 unspecified atom stereocenters. The molecule has 0 aromatic heterocycles. The molecular formula is C9H22O2Si. The molecule has 0 aromatic rings. The fraction of sp³-hybridized carbons (Fsp3) is 0.667. The van der Waals surface area contributed by atoms with Crippen molar-refractivity contribution in [3.05, 3.63) is 11.6 Å². The molecule has 0 rings (SSSR count). The molecule has 0 atom stereocenters. The van der Waals surface area contributed by atoms with Crippen molar-refractivity contribution in [2.45, 2.75) is 40.7 Å². The molecule has 1 N–H and O–H groups in total. The standard InChI is InChI=1S/C7H14O2Si.2CH4/c1-6(7(8)9)4-2-3-5-10;;/h4H,2-3,5H2,1,10H3,(H,8,9);2*1H4. The predicted molar refractivity (Wildman–Crippen MR) is 58.8 cm³/mol. The lowest BCUT2D eigenvalue weighted by Gasteiger charge is -1.91. The third kappa shape index (κ3) is 9.43. The number of hydrogen-bond acceptors (Lipinski definition) is 1. The maximum atomic E-state index is 10.2. The normalized spacial score (nSPS) is 9.92. The Balaban J connectivity index is -0.000000405. The lowest BCUT2D eigenvalue weighted by Crippen LogP contribution is -1.95. The van der Waals surface area contributed by atoms with Crippen LogP contribution in [-0.4, -0.2) is 21.3 Å². The van der Waals surface area contributed by atoms with Gasteiger partial charge in [-0.15, -0.1) is 0 Å². The van der Waals surface area contributed by atoms with E-state index in [0.717, 1.165) is 12.8 Å². The minimum Gasteiger partial charge on any atom is -0.478 e. The van der Waals surface area contributed by atoms with Crippen LogP contribution < -0.4 is 0 Å². The van der Waals surface area contributed by atoms with E-state index < -0.39 is 5.97 Å². The maximum Gasteiger partial charge on any atom is 0.330 e. The van der Waals surface area contributed by atoms with E-state index in [4.69, 9.17) is 5.11 Å². The number of unbranched alkanes of at least 4 members (excludes halogenated alkanes) is 1. The Morgan fingerprint density at radius 1 is 1.50 bits per heavy atom. The van der Waals surface area contributed by atoms with Crippen molar-refractivity contribution in [1.82, 2.24) is 0 Å². The first-order valence-corrected chi connectivity index (χ1v) is 5.00. The van der Waals surface area contributed by atoms with Crippen LogP contribution in [0.5, 0.6) is 0 Å². The van der Waals surface area contributed by atoms with Crippen LogP contribution in [0, 0.1) is 0 Å². The highest BCUT2D eigenvalue weighted by Crippen LogP contribution is 1.99. The minimum atomic E-state index is -0.798. The highest BCUT2D eigenvalue weighted by atomic mass is 28.1. The number of carbonyl (C=O) groups is 1. The van der Waals surface area contributed by atoms with E-state index in [1.54, 1.807) is 13.0 Å². The molecule has 0 aliphatic rings. The first-order valence-electron chi connectivity index (χ1n) is 3.58. The van der Waals surface area contributed by atoms with Crippen LogP contribution in [0.1, 0.15) is 34.6 Å². The molecule has 0 bridgehead atoms. The van der Waals surface area contributed by atoms with E-state index >= 15 is 0 Å². The maximum absolute atomic E-state index is 10.2. The number of rotatable bonds is 4. The molecule has 0 saturated carbocycles. The predicted octanol–water partition coefficient (Wildman–Crippen LogP) is 1.85. The van der Waals surface area contributed by atoms with Gasteiger partial charge in [0, 0.05) is 15.8 Å². The second-order valence-electron chi connectivity index (χ2n) is 2.33. The molecule has 12 heavy (non-hydrogen) atoms. The fourth-order valence-corrected chi connectivity index (χ4v) is 1.02. The van der Waals surface area contributed by atoms with Crippen molar-refractivity contribution >= 4 is 16.2 Å². The average Bonchev–Trinajstić information content (AvgIpc) is 1.88. The van der Waals surface area contributed by atoms with Gasteiger partial charge in [-0.3, -0.25) is 0 Å². The number of hydrogen-bond donors (Lipinski definition) is 1. The summed E-state index contributed by atoms with van der Waals surface area (Å²) in [7, 11) is 1.22. The molecule has 0 aliphatic carbocycles. The highest BCUT2D eigenvalue weighted by molar-refractivity contribution is 6.08. The molecule has 0 saturated heterocycles. The quantitative estimate of drug-likeness (QED) is 0.417. The van der Waals surface area contributed by atoms with Gasteiger partial charge in [-0.25, -0.2) is 4.79 Å². The second-order valence-corrected chi connectivity index (χ2v) is 3.33. The smallest absolute Gasteiger partial charge is 0.330 e. The summed E-state index contributed by atoms with van der Waals surface area (Å²) in [6.07, 6.45) is 3.85. The van der Waals surface area contributed by atoms with Gasteiger partial charge in [0.1, 0.15) is 0 Å². The Morgan fingerprint density at radius 2 is 2.00 bits per heavy atom. The topological polar surface area (TPSA) is 37.3 Å². The van der Waals surface area contributed by atoms with Gasteiger partial charge >= 0.3 is 5.97 Å². The molecule has 0 fully saturated rings. The molecule has 0 amide bonds. The summed E-state index contributed by atoms with van der Waals surface area (Å²) in [6.45, 7) is 1.63. The van der Waals surface area contributed by atoms with Crippen molar-refractivity contribution < 1.29 is 9.90 Å². The van der Waals surface area contributed by atoms with Crippen LogP contribution in [0.3, 0.4) is 0 Å². The number of aliphatic carboxylic acids is 1. The van der Waals surface area contributed by atoms with Crippen molar-refractivity contribution in [3.63, 3.8) is 0 Å². The summed E-state index contributed by atoms with van der Waals surface area (Å²) in [4.78, 5) is 10.2. The van der Waals surface area contributed by atoms with Gasteiger partial charge in [0.15, 0.2) is 0 Å². The minimum absolute atomic E-state index is 0. The van der Waals surface area contributed by atoms with Crippen molar-refractivity contribution in [2.75, 3.05) is 0 Å². The third-order valence-electron chi connectivity index (χ3n) is 1.35. The van der Waals surface area contributed by atoms with Crippen LogP contribution in [-0.2, 0) is 4.79 Å². The largest absolute Gasteiger partial charge is 0.478 e. The third-order valence-corrected chi connectivity index (χ3v) is 2.05. The summed E-state index contributed by atoms with van der Waals surface area (Å²) in [6, 6.07) is 1.25. The summed E-state index contributed by atoms with van der Waals surface area (Å²) in [5.74, 6) is -0.798. The molecule has 0 aromatic carbocycles. The molecule has 0 spiro atoms. The molecule has 3 heteroatoms. The van der Waals surface area contributed by atoms with Crippen LogP contribution in [0.15, 0.2) is 11.6 Å². The molecular weight excluding hydrogens is 168 g/mol. The van der Waals surface area contributed by atoms with E-state index in [-0.39, 0.29) is 14.9 Å². The molecule has 74 valence electrons. The lowest BCUT2D eigenvalue weighted by molar-refractivity contribution is -0.132. The first kappa shape index (κ1) is 17.5. The van der Waals surface area contributed by atoms with Gasteiger partial charge in [0.05, 0.1) is 0 Å². The van der Waals surface area contributed by atoms with Crippen LogP contribution in [0.25, 0.3) is 0 Å². The van der Waals surface area contributed by atoms with E-state index in [0.29, 0.717) is 5.57 Å². The van der Waals surface area contributed by atoms with E-state index in [9.17, 15) is 4.79 Å². The van der Waals surface area contributed by atoms with Gasteiger partial charge in [0.2, 0.25) is 0 Å². The van der Waals surface area contributed by atoms with E-state index in [1.165, 1.54) is 16.3 Å². The van der Waals surface area contributed by atoms with Crippen molar-refractivity contribution in [1.29, 1.82) is 0 Å². The molecule has 2 nitrogen and oxygen atoms in total. The second kappa shape index (κ2) is 10.4. The van der Waals surface area contributed by atoms with Crippen molar-refractivity contribution in [3.8, 4) is 0 Å². The summed E-state index contributed by atoms with van der Waals surface area (Å²) < 4.78 is 0. The Bertz CT molecular complexity index is 141. The monoisotopic (exact) mass is 190 g/mol. The zero-order valence-electron chi connectivity index (χ0n) is 6.55. The van der Waals surface area contributed by atoms with Gasteiger partial charge in [-0.1, -0.05) is 33.4 Å². The summed E-state index contributed by atoms with van der Waals surface area (Å²) in [5.41, 5.74) is 0.468. The summed E-state index contributed by atoms with van der Waals surface area (Å²) >= 11 is 0. The Kier molecular flexibility index (Phi) is 15.2. The average molecular weight is 190 g/mol. The van der Waals surface area contributed by atoms with Crippen LogP contribution >= 0.6 is 0 Å². The van der Waals surface area contributed by atoms with Crippen molar-refractivity contribution in [2.24, 2.45) is 0 Å². The Morgan fingerprint density at radius 3 is 2.33 bits per heavy atom. The van der Waals surface area contributed by atoms with Gasteiger partial charge in [-0.2, -0.15) is 0 Å². The zero-order chi connectivity index (χ0) is 7.98. The Labute approximate surface area is 79.1 Å². The van der Waals surface area contributed by atoms with Crippen LogP contribution in [0.2, 0.25) is 6.04 Å². The van der Waals surface area contributed by atoms with Crippen LogP contribution in [0.4, 0.5) is 0 Å². The van der Waals surface area contributed by atoms with Gasteiger partial charge in [0.25, 0.3) is 0 Å². The van der Waals surface area contributed by atoms with E-state index in [1.807, 2.05) is 0 Å². The number of carboxylic acids is 1. The zero-order valence-corrected chi connectivity index (χ0v) is 8.55. The highest BCUT2D eigenvalue weighted by Gasteiger charge is 1.96. The van der Waals surface area contributed by atoms with Gasteiger partial charge < -0.3 is 5.11 Å². The van der Waals surface area contributed by atoms with E-state index in [2.05, 4.69) is 0 Å². The first-order chi connectivity index (χ1) is 4.68. The molecule has 0 aliphatic heterocycles. The summed E-state index contributed by atoms with van der Waals surface area (Å²) in [5, 5.41) is 8.42.